The lowest BCUT2D eigenvalue weighted by Crippen LogP contribution is -2.23. The van der Waals surface area contributed by atoms with Gasteiger partial charge in [0.05, 0.1) is 0 Å². The third-order valence-corrected chi connectivity index (χ3v) is 2.65. The first-order valence-electron chi connectivity index (χ1n) is 5.46. The molecule has 0 radical (unpaired) electrons. The lowest BCUT2D eigenvalue weighted by Gasteiger charge is -2.22. The van der Waals surface area contributed by atoms with Gasteiger partial charge in [0.2, 0.25) is 5.95 Å². The highest BCUT2D eigenvalue weighted by atomic mass is 15.1. The molecule has 0 fully saturated rings. The average molecular weight is 218 g/mol. The fourth-order valence-electron chi connectivity index (χ4n) is 1.15. The first-order chi connectivity index (χ1) is 7.46. The van der Waals surface area contributed by atoms with Crippen LogP contribution in [0.15, 0.2) is 6.07 Å². The Kier molecular flexibility index (Phi) is 3.83. The molecule has 0 bridgehead atoms. The molecule has 0 aromatic carbocycles. The summed E-state index contributed by atoms with van der Waals surface area (Å²) in [7, 11) is 0. The van der Waals surface area contributed by atoms with Crippen LogP contribution in [-0.4, -0.2) is 16.5 Å². The molecule has 0 unspecified atom stereocenters. The Morgan fingerprint density at radius 3 is 2.69 bits per heavy atom. The molecule has 1 N–H and O–H groups in total. The number of nitrogens with zero attached hydrogens (tertiary/aromatic N) is 3. The van der Waals surface area contributed by atoms with Crippen molar-refractivity contribution in [3.05, 3.63) is 17.5 Å². The number of hydrogen-bond acceptors (Lipinski definition) is 4. The summed E-state index contributed by atoms with van der Waals surface area (Å²) in [6.45, 7) is 9.18. The molecule has 1 aromatic heterocycles. The summed E-state index contributed by atoms with van der Waals surface area (Å²) in [5.41, 5.74) is 1.42. The quantitative estimate of drug-likeness (QED) is 0.843. The van der Waals surface area contributed by atoms with Crippen molar-refractivity contribution in [3.63, 3.8) is 0 Å². The van der Waals surface area contributed by atoms with Crippen molar-refractivity contribution in [1.82, 2.24) is 9.97 Å². The van der Waals surface area contributed by atoms with Gasteiger partial charge in [-0.1, -0.05) is 20.8 Å². The highest BCUT2D eigenvalue weighted by Gasteiger charge is 2.15. The van der Waals surface area contributed by atoms with Crippen molar-refractivity contribution in [2.75, 3.05) is 11.9 Å². The van der Waals surface area contributed by atoms with Crippen LogP contribution >= 0.6 is 0 Å². The second-order valence-electron chi connectivity index (χ2n) is 4.70. The zero-order chi connectivity index (χ0) is 12.2. The van der Waals surface area contributed by atoms with Crippen molar-refractivity contribution in [2.24, 2.45) is 5.41 Å². The van der Waals surface area contributed by atoms with E-state index in [9.17, 15) is 0 Å². The van der Waals surface area contributed by atoms with Crippen LogP contribution in [0.4, 0.5) is 5.95 Å². The zero-order valence-electron chi connectivity index (χ0n) is 10.3. The summed E-state index contributed by atoms with van der Waals surface area (Å²) in [4.78, 5) is 8.35. The molecule has 4 heteroatoms. The van der Waals surface area contributed by atoms with Gasteiger partial charge in [-0.2, -0.15) is 5.26 Å². The van der Waals surface area contributed by atoms with Gasteiger partial charge in [0.25, 0.3) is 0 Å². The molecule has 1 heterocycles. The second kappa shape index (κ2) is 4.93. The predicted molar refractivity (Wildman–Crippen MR) is 64.0 cm³/mol. The maximum Gasteiger partial charge on any atom is 0.224 e. The van der Waals surface area contributed by atoms with Gasteiger partial charge in [0.1, 0.15) is 11.8 Å². The van der Waals surface area contributed by atoms with Crippen LogP contribution in [0.1, 0.15) is 38.6 Å². The molecular formula is C12H18N4. The molecule has 0 saturated carbocycles. The monoisotopic (exact) mass is 218 g/mol. The minimum atomic E-state index is 0.208. The second-order valence-corrected chi connectivity index (χ2v) is 4.70. The van der Waals surface area contributed by atoms with Crippen molar-refractivity contribution in [2.45, 2.75) is 34.1 Å². The van der Waals surface area contributed by atoms with Crippen LogP contribution in [0.3, 0.4) is 0 Å². The summed E-state index contributed by atoms with van der Waals surface area (Å²) < 4.78 is 0. The Morgan fingerprint density at radius 2 is 2.12 bits per heavy atom. The maximum atomic E-state index is 8.79. The first kappa shape index (κ1) is 12.4. The van der Waals surface area contributed by atoms with Gasteiger partial charge in [-0.25, -0.2) is 9.97 Å². The Balaban J connectivity index is 2.75. The van der Waals surface area contributed by atoms with E-state index < -0.39 is 0 Å². The van der Waals surface area contributed by atoms with Gasteiger partial charge < -0.3 is 5.32 Å². The van der Waals surface area contributed by atoms with Gasteiger partial charge in [-0.3, -0.25) is 0 Å². The molecule has 0 saturated heterocycles. The number of nitriles is 1. The fraction of sp³-hybridized carbons (Fsp3) is 0.583. The van der Waals surface area contributed by atoms with E-state index >= 15 is 0 Å². The van der Waals surface area contributed by atoms with Crippen LogP contribution in [0.5, 0.6) is 0 Å². The molecule has 1 aromatic rings. The van der Waals surface area contributed by atoms with E-state index in [1.165, 1.54) is 0 Å². The Labute approximate surface area is 96.7 Å². The number of aromatic nitrogens is 2. The molecule has 0 aliphatic rings. The fourth-order valence-corrected chi connectivity index (χ4v) is 1.15. The van der Waals surface area contributed by atoms with E-state index in [0.717, 1.165) is 18.7 Å². The van der Waals surface area contributed by atoms with E-state index in [2.05, 4.69) is 36.1 Å². The van der Waals surface area contributed by atoms with Crippen LogP contribution in [0, 0.1) is 23.7 Å². The number of hydrogen-bond donors (Lipinski definition) is 1. The van der Waals surface area contributed by atoms with E-state index in [1.807, 2.05) is 13.0 Å². The Bertz CT molecular complexity index is 404. The average Bonchev–Trinajstić information content (AvgIpc) is 2.26. The highest BCUT2D eigenvalue weighted by molar-refractivity contribution is 5.33. The minimum Gasteiger partial charge on any atom is -0.354 e. The zero-order valence-corrected chi connectivity index (χ0v) is 10.3. The van der Waals surface area contributed by atoms with Crippen LogP contribution in [-0.2, 0) is 0 Å². The predicted octanol–water partition coefficient (Wildman–Crippen LogP) is 2.50. The first-order valence-corrected chi connectivity index (χ1v) is 5.46. The standard InChI is InChI=1S/C12H18N4/c1-5-12(3,4)8-14-11-15-9(2)6-10(7-13)16-11/h6H,5,8H2,1-4H3,(H,14,15,16). The normalized spacial score (nSPS) is 10.9. The van der Waals surface area contributed by atoms with Gasteiger partial charge >= 0.3 is 0 Å². The summed E-state index contributed by atoms with van der Waals surface area (Å²) >= 11 is 0. The van der Waals surface area contributed by atoms with E-state index in [1.54, 1.807) is 6.07 Å². The summed E-state index contributed by atoms with van der Waals surface area (Å²) in [6.07, 6.45) is 1.08. The van der Waals surface area contributed by atoms with Crippen molar-refractivity contribution in [3.8, 4) is 6.07 Å². The number of aryl methyl sites for hydroxylation is 1. The van der Waals surface area contributed by atoms with Crippen LogP contribution < -0.4 is 5.32 Å². The molecule has 0 aliphatic heterocycles. The van der Waals surface area contributed by atoms with Crippen LogP contribution in [0.25, 0.3) is 0 Å². The number of anilines is 1. The molecule has 0 atom stereocenters. The smallest absolute Gasteiger partial charge is 0.224 e. The Morgan fingerprint density at radius 1 is 1.44 bits per heavy atom. The summed E-state index contributed by atoms with van der Waals surface area (Å²) in [5, 5.41) is 12.0. The third-order valence-electron chi connectivity index (χ3n) is 2.65. The van der Waals surface area contributed by atoms with Gasteiger partial charge in [-0.15, -0.1) is 0 Å². The van der Waals surface area contributed by atoms with Gasteiger partial charge in [-0.05, 0) is 24.8 Å². The van der Waals surface area contributed by atoms with E-state index in [0.29, 0.717) is 11.6 Å². The van der Waals surface area contributed by atoms with Crippen molar-refractivity contribution < 1.29 is 0 Å². The highest BCUT2D eigenvalue weighted by Crippen LogP contribution is 2.19. The van der Waals surface area contributed by atoms with Gasteiger partial charge in [0.15, 0.2) is 0 Å². The largest absolute Gasteiger partial charge is 0.354 e. The number of nitrogens with one attached hydrogen (secondary N) is 1. The van der Waals surface area contributed by atoms with Crippen LogP contribution in [0.2, 0.25) is 0 Å². The molecule has 16 heavy (non-hydrogen) atoms. The molecule has 0 aliphatic carbocycles. The Hall–Kier alpha value is -1.63. The topological polar surface area (TPSA) is 61.6 Å². The van der Waals surface area contributed by atoms with E-state index in [4.69, 9.17) is 5.26 Å². The minimum absolute atomic E-state index is 0.208. The molecule has 0 amide bonds. The molecule has 86 valence electrons. The summed E-state index contributed by atoms with van der Waals surface area (Å²) in [5.74, 6) is 0.540. The van der Waals surface area contributed by atoms with Crippen molar-refractivity contribution >= 4 is 5.95 Å². The maximum absolute atomic E-state index is 8.79. The third kappa shape index (κ3) is 3.50. The number of rotatable bonds is 4. The summed E-state index contributed by atoms with van der Waals surface area (Å²) in [6, 6.07) is 3.70. The molecule has 0 spiro atoms. The van der Waals surface area contributed by atoms with Gasteiger partial charge in [0, 0.05) is 12.2 Å². The SMILES string of the molecule is CCC(C)(C)CNc1nc(C)cc(C#N)n1. The lowest BCUT2D eigenvalue weighted by molar-refractivity contribution is 0.376. The molecular weight excluding hydrogens is 200 g/mol. The molecule has 4 nitrogen and oxygen atoms in total. The van der Waals surface area contributed by atoms with Crippen molar-refractivity contribution in [1.29, 1.82) is 5.26 Å². The molecule has 1 rings (SSSR count). The van der Waals surface area contributed by atoms with E-state index in [-0.39, 0.29) is 5.41 Å². The lowest BCUT2D eigenvalue weighted by atomic mass is 9.90.